The van der Waals surface area contributed by atoms with Gasteiger partial charge >= 0.3 is 5.97 Å². The number of carboxylic acid groups (broad SMARTS) is 1. The van der Waals surface area contributed by atoms with Gasteiger partial charge in [-0.25, -0.2) is 0 Å². The van der Waals surface area contributed by atoms with Gasteiger partial charge in [0.05, 0.1) is 13.5 Å². The van der Waals surface area contributed by atoms with Gasteiger partial charge in [0, 0.05) is 5.41 Å². The SMILES string of the molecule is CBc1ccc(OC)c(C(C)(C)CC(=O)O)c1. The molecule has 0 saturated heterocycles. The van der Waals surface area contributed by atoms with E-state index < -0.39 is 11.4 Å². The molecule has 0 aliphatic heterocycles. The molecular weight excluding hydrogens is 215 g/mol. The molecule has 0 fully saturated rings. The summed E-state index contributed by atoms with van der Waals surface area (Å²) in [6, 6.07) is 5.97. The summed E-state index contributed by atoms with van der Waals surface area (Å²) in [4.78, 5) is 10.9. The van der Waals surface area contributed by atoms with E-state index in [2.05, 4.69) is 6.82 Å². The average Bonchev–Trinajstić information content (AvgIpc) is 2.26. The van der Waals surface area contributed by atoms with Crippen molar-refractivity contribution in [1.82, 2.24) is 0 Å². The van der Waals surface area contributed by atoms with E-state index in [1.165, 1.54) is 5.46 Å². The van der Waals surface area contributed by atoms with Crippen LogP contribution in [0.3, 0.4) is 0 Å². The second kappa shape index (κ2) is 5.26. The lowest BCUT2D eigenvalue weighted by atomic mass is 9.70. The Labute approximate surface area is 103 Å². The number of carbonyl (C=O) groups is 1. The van der Waals surface area contributed by atoms with Gasteiger partial charge in [-0.1, -0.05) is 38.3 Å². The van der Waals surface area contributed by atoms with Crippen molar-refractivity contribution < 1.29 is 14.6 Å². The van der Waals surface area contributed by atoms with E-state index in [9.17, 15) is 4.79 Å². The highest BCUT2D eigenvalue weighted by Crippen LogP contribution is 2.33. The Morgan fingerprint density at radius 2 is 2.12 bits per heavy atom. The highest BCUT2D eigenvalue weighted by molar-refractivity contribution is 6.51. The van der Waals surface area contributed by atoms with Gasteiger partial charge in [-0.15, -0.1) is 0 Å². The largest absolute Gasteiger partial charge is 0.496 e. The van der Waals surface area contributed by atoms with Crippen molar-refractivity contribution in [2.45, 2.75) is 32.5 Å². The zero-order valence-corrected chi connectivity index (χ0v) is 10.9. The highest BCUT2D eigenvalue weighted by Gasteiger charge is 2.27. The number of hydrogen-bond donors (Lipinski definition) is 1. The Bertz CT molecular complexity index is 413. The van der Waals surface area contributed by atoms with E-state index in [1.54, 1.807) is 7.11 Å². The van der Waals surface area contributed by atoms with Crippen LogP contribution in [0.25, 0.3) is 0 Å². The zero-order chi connectivity index (χ0) is 13.1. The molecule has 0 atom stereocenters. The maximum Gasteiger partial charge on any atom is 0.304 e. The molecule has 92 valence electrons. The number of benzene rings is 1. The monoisotopic (exact) mass is 234 g/mol. The van der Waals surface area contributed by atoms with E-state index in [0.717, 1.165) is 18.6 Å². The van der Waals surface area contributed by atoms with Gasteiger partial charge in [0.15, 0.2) is 7.28 Å². The van der Waals surface area contributed by atoms with Crippen LogP contribution < -0.4 is 10.2 Å². The quantitative estimate of drug-likeness (QED) is 0.786. The van der Waals surface area contributed by atoms with Crippen LogP contribution >= 0.6 is 0 Å². The van der Waals surface area contributed by atoms with Gasteiger partial charge in [-0.2, -0.15) is 0 Å². The second-order valence-electron chi connectivity index (χ2n) is 4.84. The normalized spacial score (nSPS) is 11.1. The molecule has 1 rings (SSSR count). The summed E-state index contributed by atoms with van der Waals surface area (Å²) in [5, 5.41) is 8.96. The molecule has 4 heteroatoms. The van der Waals surface area contributed by atoms with Crippen LogP contribution in [-0.4, -0.2) is 25.5 Å². The van der Waals surface area contributed by atoms with Gasteiger partial charge in [-0.05, 0) is 11.6 Å². The molecule has 0 aliphatic rings. The Balaban J connectivity index is 3.21. The molecule has 1 aromatic carbocycles. The number of hydrogen-bond acceptors (Lipinski definition) is 2. The average molecular weight is 234 g/mol. The first-order valence-corrected chi connectivity index (χ1v) is 5.80. The Kier molecular flexibility index (Phi) is 4.21. The predicted molar refractivity (Wildman–Crippen MR) is 70.9 cm³/mol. The van der Waals surface area contributed by atoms with Crippen LogP contribution in [0.4, 0.5) is 0 Å². The van der Waals surface area contributed by atoms with Crippen molar-refractivity contribution in [2.24, 2.45) is 0 Å². The van der Waals surface area contributed by atoms with E-state index >= 15 is 0 Å². The summed E-state index contributed by atoms with van der Waals surface area (Å²) in [7, 11) is 2.54. The minimum Gasteiger partial charge on any atom is -0.496 e. The third kappa shape index (κ3) is 3.25. The molecule has 17 heavy (non-hydrogen) atoms. The summed E-state index contributed by atoms with van der Waals surface area (Å²) in [5.74, 6) is -0.0348. The minimum absolute atomic E-state index is 0.0938. The number of rotatable bonds is 5. The number of ether oxygens (including phenoxy) is 1. The Morgan fingerprint density at radius 1 is 1.47 bits per heavy atom. The lowest BCUT2D eigenvalue weighted by Crippen LogP contribution is -2.25. The third-order valence-electron chi connectivity index (χ3n) is 2.99. The van der Waals surface area contributed by atoms with Crippen molar-refractivity contribution in [3.05, 3.63) is 23.8 Å². The number of aliphatic carboxylic acids is 1. The molecule has 0 radical (unpaired) electrons. The van der Waals surface area contributed by atoms with Crippen LogP contribution in [0.1, 0.15) is 25.8 Å². The van der Waals surface area contributed by atoms with Gasteiger partial charge in [0.25, 0.3) is 0 Å². The van der Waals surface area contributed by atoms with Crippen LogP contribution in [0, 0.1) is 0 Å². The first kappa shape index (κ1) is 13.6. The van der Waals surface area contributed by atoms with E-state index in [0.29, 0.717) is 0 Å². The smallest absolute Gasteiger partial charge is 0.304 e. The van der Waals surface area contributed by atoms with E-state index in [4.69, 9.17) is 9.84 Å². The summed E-state index contributed by atoms with van der Waals surface area (Å²) < 4.78 is 5.32. The molecule has 0 bridgehead atoms. The van der Waals surface area contributed by atoms with Crippen molar-refractivity contribution in [1.29, 1.82) is 0 Å². The first-order valence-electron chi connectivity index (χ1n) is 5.80. The van der Waals surface area contributed by atoms with Crippen molar-refractivity contribution >= 4 is 18.7 Å². The maximum absolute atomic E-state index is 10.9. The zero-order valence-electron chi connectivity index (χ0n) is 10.9. The van der Waals surface area contributed by atoms with Crippen LogP contribution in [0.2, 0.25) is 6.82 Å². The molecule has 0 spiro atoms. The maximum atomic E-state index is 10.9. The number of carboxylic acids is 1. The van der Waals surface area contributed by atoms with Gasteiger partial charge in [0.2, 0.25) is 0 Å². The van der Waals surface area contributed by atoms with Gasteiger partial charge < -0.3 is 9.84 Å². The molecule has 0 aromatic heterocycles. The molecule has 0 aliphatic carbocycles. The Morgan fingerprint density at radius 3 is 2.59 bits per heavy atom. The van der Waals surface area contributed by atoms with E-state index in [-0.39, 0.29) is 6.42 Å². The van der Waals surface area contributed by atoms with Gasteiger partial charge in [-0.3, -0.25) is 4.79 Å². The summed E-state index contributed by atoms with van der Waals surface area (Å²) in [6.45, 7) is 5.94. The fourth-order valence-corrected chi connectivity index (χ4v) is 1.98. The standard InChI is InChI=1S/C13H19BO3/c1-13(2,8-12(15)16)10-7-9(14-3)5-6-11(10)17-4/h5-7,14H,8H2,1-4H3,(H,15,16). The topological polar surface area (TPSA) is 46.5 Å². The van der Waals surface area contributed by atoms with E-state index in [1.807, 2.05) is 32.0 Å². The molecule has 0 saturated carbocycles. The Hall–Kier alpha value is -1.45. The molecule has 0 heterocycles. The molecular formula is C13H19BO3. The summed E-state index contributed by atoms with van der Waals surface area (Å²) in [5.41, 5.74) is 1.73. The highest BCUT2D eigenvalue weighted by atomic mass is 16.5. The van der Waals surface area contributed by atoms with Crippen LogP contribution in [0.5, 0.6) is 5.75 Å². The lowest BCUT2D eigenvalue weighted by molar-refractivity contribution is -0.138. The summed E-state index contributed by atoms with van der Waals surface area (Å²) in [6.07, 6.45) is 0.0938. The molecule has 0 amide bonds. The molecule has 1 N–H and O–H groups in total. The number of methoxy groups -OCH3 is 1. The van der Waals surface area contributed by atoms with Crippen molar-refractivity contribution in [3.63, 3.8) is 0 Å². The molecule has 0 unspecified atom stereocenters. The van der Waals surface area contributed by atoms with Crippen molar-refractivity contribution in [3.8, 4) is 5.75 Å². The fraction of sp³-hybridized carbons (Fsp3) is 0.462. The summed E-state index contributed by atoms with van der Waals surface area (Å²) >= 11 is 0. The second-order valence-corrected chi connectivity index (χ2v) is 4.84. The van der Waals surface area contributed by atoms with Crippen LogP contribution in [0.15, 0.2) is 18.2 Å². The van der Waals surface area contributed by atoms with Crippen LogP contribution in [-0.2, 0) is 10.2 Å². The molecule has 3 nitrogen and oxygen atoms in total. The first-order chi connectivity index (χ1) is 7.90. The van der Waals surface area contributed by atoms with Crippen molar-refractivity contribution in [2.75, 3.05) is 7.11 Å². The lowest BCUT2D eigenvalue weighted by Gasteiger charge is -2.26. The van der Waals surface area contributed by atoms with Gasteiger partial charge in [0.1, 0.15) is 5.75 Å². The minimum atomic E-state index is -0.793. The molecule has 1 aromatic rings. The predicted octanol–water partition coefficient (Wildman–Crippen LogP) is 1.56. The fourth-order valence-electron chi connectivity index (χ4n) is 1.98. The third-order valence-corrected chi connectivity index (χ3v) is 2.99.